The van der Waals surface area contributed by atoms with Crippen molar-refractivity contribution < 1.29 is 9.47 Å². The predicted molar refractivity (Wildman–Crippen MR) is 123 cm³/mol. The van der Waals surface area contributed by atoms with Crippen LogP contribution in [0.4, 0.5) is 0 Å². The third-order valence-electron chi connectivity index (χ3n) is 4.96. The molecule has 2 aromatic carbocycles. The van der Waals surface area contributed by atoms with Crippen molar-refractivity contribution in [3.8, 4) is 34.0 Å². The summed E-state index contributed by atoms with van der Waals surface area (Å²) in [5.74, 6) is 2.47. The van der Waals surface area contributed by atoms with Gasteiger partial charge in [-0.15, -0.1) is 0 Å². The van der Waals surface area contributed by atoms with Gasteiger partial charge in [0.2, 0.25) is 0 Å². The Morgan fingerprint density at radius 1 is 0.633 bits per heavy atom. The number of ether oxygens (including phenoxy) is 2. The van der Waals surface area contributed by atoms with Gasteiger partial charge in [0.05, 0.1) is 13.2 Å². The van der Waals surface area contributed by atoms with E-state index in [1.807, 2.05) is 60.9 Å². The van der Waals surface area contributed by atoms with Gasteiger partial charge in [0.25, 0.3) is 0 Å². The van der Waals surface area contributed by atoms with E-state index >= 15 is 0 Å². The molecule has 0 unspecified atom stereocenters. The second-order valence-electron chi connectivity index (χ2n) is 7.46. The van der Waals surface area contributed by atoms with Crippen molar-refractivity contribution in [2.24, 2.45) is 0 Å². The molecule has 1 heterocycles. The van der Waals surface area contributed by atoms with Crippen molar-refractivity contribution >= 4 is 0 Å². The minimum atomic E-state index is 0.703. The van der Waals surface area contributed by atoms with E-state index < -0.39 is 0 Å². The van der Waals surface area contributed by atoms with Gasteiger partial charge in [-0.05, 0) is 42.7 Å². The number of hydrogen-bond donors (Lipinski definition) is 0. The normalized spacial score (nSPS) is 10.7. The zero-order valence-electron chi connectivity index (χ0n) is 18.1. The Balaban J connectivity index is 1.60. The fraction of sp³-hybridized carbons (Fsp3) is 0.385. The van der Waals surface area contributed by atoms with Crippen LogP contribution in [0.3, 0.4) is 0 Å². The maximum Gasteiger partial charge on any atom is 0.159 e. The molecule has 30 heavy (non-hydrogen) atoms. The summed E-state index contributed by atoms with van der Waals surface area (Å²) in [6.07, 6.45) is 10.7. The molecular formula is C26H32N2O2. The summed E-state index contributed by atoms with van der Waals surface area (Å²) in [5, 5.41) is 0. The van der Waals surface area contributed by atoms with Crippen LogP contribution < -0.4 is 9.47 Å². The Morgan fingerprint density at radius 3 is 2.07 bits per heavy atom. The summed E-state index contributed by atoms with van der Waals surface area (Å²) in [7, 11) is 0. The highest BCUT2D eigenvalue weighted by Gasteiger charge is 2.05. The van der Waals surface area contributed by atoms with E-state index in [1.165, 1.54) is 19.3 Å². The SMILES string of the molecule is CCCCCCOc1cccc(-c2ncc(-c3ccc(OCCCC)cc3)cn2)c1. The Morgan fingerprint density at radius 2 is 1.33 bits per heavy atom. The van der Waals surface area contributed by atoms with Gasteiger partial charge in [0.15, 0.2) is 5.82 Å². The first-order valence-electron chi connectivity index (χ1n) is 11.1. The molecule has 3 aromatic rings. The van der Waals surface area contributed by atoms with Gasteiger partial charge in [-0.3, -0.25) is 0 Å². The Labute approximate surface area is 180 Å². The molecule has 3 rings (SSSR count). The van der Waals surface area contributed by atoms with Crippen LogP contribution in [0.1, 0.15) is 52.4 Å². The second kappa shape index (κ2) is 12.0. The molecule has 0 aliphatic carbocycles. The Bertz CT molecular complexity index is 876. The monoisotopic (exact) mass is 404 g/mol. The summed E-state index contributed by atoms with van der Waals surface area (Å²) in [4.78, 5) is 9.14. The molecule has 0 radical (unpaired) electrons. The molecule has 0 bridgehead atoms. The summed E-state index contributed by atoms with van der Waals surface area (Å²) in [6, 6.07) is 16.1. The molecule has 0 fully saturated rings. The van der Waals surface area contributed by atoms with Crippen LogP contribution in [0.5, 0.6) is 11.5 Å². The molecule has 4 heteroatoms. The number of unbranched alkanes of at least 4 members (excludes halogenated alkanes) is 4. The molecule has 0 N–H and O–H groups in total. The number of aromatic nitrogens is 2. The molecular weight excluding hydrogens is 372 g/mol. The van der Waals surface area contributed by atoms with Crippen LogP contribution in [0, 0.1) is 0 Å². The van der Waals surface area contributed by atoms with Crippen molar-refractivity contribution in [1.82, 2.24) is 9.97 Å². The van der Waals surface area contributed by atoms with Crippen molar-refractivity contribution in [2.75, 3.05) is 13.2 Å². The van der Waals surface area contributed by atoms with Crippen LogP contribution in [-0.4, -0.2) is 23.2 Å². The highest BCUT2D eigenvalue weighted by atomic mass is 16.5. The lowest BCUT2D eigenvalue weighted by molar-refractivity contribution is 0.305. The molecule has 0 atom stereocenters. The molecule has 0 aliphatic rings. The van der Waals surface area contributed by atoms with E-state index in [4.69, 9.17) is 9.47 Å². The zero-order valence-corrected chi connectivity index (χ0v) is 18.1. The summed E-state index contributed by atoms with van der Waals surface area (Å²) in [6.45, 7) is 5.89. The molecule has 4 nitrogen and oxygen atoms in total. The van der Waals surface area contributed by atoms with E-state index in [0.717, 1.165) is 60.7 Å². The molecule has 0 aliphatic heterocycles. The Hall–Kier alpha value is -2.88. The van der Waals surface area contributed by atoms with E-state index in [9.17, 15) is 0 Å². The standard InChI is InChI=1S/C26H32N2O2/c1-3-5-7-8-17-30-25-11-9-10-22(18-25)26-27-19-23(20-28-26)21-12-14-24(15-13-21)29-16-6-4-2/h9-15,18-20H,3-8,16-17H2,1-2H3. The summed E-state index contributed by atoms with van der Waals surface area (Å²) in [5.41, 5.74) is 3.03. The van der Waals surface area contributed by atoms with Crippen LogP contribution in [-0.2, 0) is 0 Å². The number of nitrogens with zero attached hydrogens (tertiary/aromatic N) is 2. The first-order valence-corrected chi connectivity index (χ1v) is 11.1. The van der Waals surface area contributed by atoms with Crippen molar-refractivity contribution in [3.63, 3.8) is 0 Å². The molecule has 0 amide bonds. The number of hydrogen-bond acceptors (Lipinski definition) is 4. The molecule has 0 spiro atoms. The molecule has 1 aromatic heterocycles. The van der Waals surface area contributed by atoms with Crippen molar-refractivity contribution in [2.45, 2.75) is 52.4 Å². The average Bonchev–Trinajstić information content (AvgIpc) is 2.80. The first-order chi connectivity index (χ1) is 14.8. The zero-order chi connectivity index (χ0) is 21.0. The van der Waals surface area contributed by atoms with Gasteiger partial charge in [-0.25, -0.2) is 9.97 Å². The van der Waals surface area contributed by atoms with Gasteiger partial charge in [-0.1, -0.05) is 63.8 Å². The topological polar surface area (TPSA) is 44.2 Å². The lowest BCUT2D eigenvalue weighted by atomic mass is 10.1. The quantitative estimate of drug-likeness (QED) is 0.306. The van der Waals surface area contributed by atoms with Crippen LogP contribution in [0.15, 0.2) is 60.9 Å². The van der Waals surface area contributed by atoms with E-state index in [2.05, 4.69) is 23.8 Å². The largest absolute Gasteiger partial charge is 0.494 e. The first kappa shape index (κ1) is 21.8. The number of benzene rings is 2. The fourth-order valence-corrected chi connectivity index (χ4v) is 3.15. The lowest BCUT2D eigenvalue weighted by Gasteiger charge is -2.08. The van der Waals surface area contributed by atoms with Gasteiger partial charge in [0.1, 0.15) is 11.5 Å². The van der Waals surface area contributed by atoms with Crippen LogP contribution >= 0.6 is 0 Å². The lowest BCUT2D eigenvalue weighted by Crippen LogP contribution is -1.98. The fourth-order valence-electron chi connectivity index (χ4n) is 3.15. The molecule has 158 valence electrons. The average molecular weight is 405 g/mol. The minimum absolute atomic E-state index is 0.703. The van der Waals surface area contributed by atoms with Crippen LogP contribution in [0.25, 0.3) is 22.5 Å². The minimum Gasteiger partial charge on any atom is -0.494 e. The highest BCUT2D eigenvalue weighted by molar-refractivity contribution is 5.64. The highest BCUT2D eigenvalue weighted by Crippen LogP contribution is 2.25. The maximum atomic E-state index is 5.89. The predicted octanol–water partition coefficient (Wildman–Crippen LogP) is 6.95. The third-order valence-corrected chi connectivity index (χ3v) is 4.96. The van der Waals surface area contributed by atoms with E-state index in [-0.39, 0.29) is 0 Å². The van der Waals surface area contributed by atoms with Gasteiger partial charge >= 0.3 is 0 Å². The van der Waals surface area contributed by atoms with E-state index in [1.54, 1.807) is 0 Å². The second-order valence-corrected chi connectivity index (χ2v) is 7.46. The molecule has 0 saturated heterocycles. The molecule has 0 saturated carbocycles. The van der Waals surface area contributed by atoms with Gasteiger partial charge in [-0.2, -0.15) is 0 Å². The third kappa shape index (κ3) is 6.58. The number of rotatable bonds is 12. The van der Waals surface area contributed by atoms with Crippen molar-refractivity contribution in [3.05, 3.63) is 60.9 Å². The van der Waals surface area contributed by atoms with E-state index in [0.29, 0.717) is 5.82 Å². The van der Waals surface area contributed by atoms with Gasteiger partial charge < -0.3 is 9.47 Å². The van der Waals surface area contributed by atoms with Gasteiger partial charge in [0, 0.05) is 23.5 Å². The Kier molecular flexibility index (Phi) is 8.70. The smallest absolute Gasteiger partial charge is 0.159 e. The summed E-state index contributed by atoms with van der Waals surface area (Å²) < 4.78 is 11.6. The maximum absolute atomic E-state index is 5.89. The summed E-state index contributed by atoms with van der Waals surface area (Å²) >= 11 is 0. The van der Waals surface area contributed by atoms with Crippen LogP contribution in [0.2, 0.25) is 0 Å². The van der Waals surface area contributed by atoms with Crippen molar-refractivity contribution in [1.29, 1.82) is 0 Å².